The molecule has 190 valence electrons. The van der Waals surface area contributed by atoms with Crippen LogP contribution in [0.15, 0.2) is 48.5 Å². The van der Waals surface area contributed by atoms with Crippen molar-refractivity contribution in [3.05, 3.63) is 71.0 Å². The first-order valence-corrected chi connectivity index (χ1v) is 11.1. The highest BCUT2D eigenvalue weighted by Crippen LogP contribution is 2.13. The van der Waals surface area contributed by atoms with Gasteiger partial charge in [0.15, 0.2) is 12.4 Å². The van der Waals surface area contributed by atoms with Crippen LogP contribution in [0.4, 0.5) is 9.18 Å². The van der Waals surface area contributed by atoms with Gasteiger partial charge >= 0.3 is 18.0 Å². The molecule has 2 aromatic rings. The molecule has 1 atom stereocenters. The van der Waals surface area contributed by atoms with Crippen LogP contribution < -0.4 is 5.32 Å². The molecule has 0 saturated carbocycles. The van der Waals surface area contributed by atoms with E-state index in [2.05, 4.69) is 5.32 Å². The molecule has 0 bridgehead atoms. The van der Waals surface area contributed by atoms with Crippen LogP contribution in [0.1, 0.15) is 55.1 Å². The van der Waals surface area contributed by atoms with Crippen LogP contribution in [0.5, 0.6) is 0 Å². The molecular weight excluding hydrogens is 471 g/mol. The third-order valence-electron chi connectivity index (χ3n) is 4.60. The number of benzene rings is 2. The smallest absolute Gasteiger partial charge is 0.408 e. The molecule has 0 unspecified atom stereocenters. The van der Waals surface area contributed by atoms with E-state index in [1.807, 2.05) is 0 Å². The van der Waals surface area contributed by atoms with Gasteiger partial charge in [0.1, 0.15) is 30.1 Å². The third-order valence-corrected chi connectivity index (χ3v) is 4.60. The Morgan fingerprint density at radius 3 is 2.36 bits per heavy atom. The second-order valence-electron chi connectivity index (χ2n) is 8.72. The maximum atomic E-state index is 13.8. The van der Waals surface area contributed by atoms with Gasteiger partial charge in [-0.15, -0.1) is 0 Å². The van der Waals surface area contributed by atoms with Crippen LogP contribution >= 0.6 is 0 Å². The predicted molar refractivity (Wildman–Crippen MR) is 125 cm³/mol. The molecule has 2 rings (SSSR count). The molecule has 2 aromatic carbocycles. The normalized spacial score (nSPS) is 11.5. The summed E-state index contributed by atoms with van der Waals surface area (Å²) in [7, 11) is 0. The molecule has 0 radical (unpaired) electrons. The summed E-state index contributed by atoms with van der Waals surface area (Å²) in [6.07, 6.45) is -1.32. The Labute approximate surface area is 208 Å². The summed E-state index contributed by atoms with van der Waals surface area (Å²) in [5, 5.41) is 11.1. The fourth-order valence-electron chi connectivity index (χ4n) is 2.91. The largest absolute Gasteiger partial charge is 0.460 e. The quantitative estimate of drug-likeness (QED) is 0.297. The third kappa shape index (κ3) is 9.54. The Morgan fingerprint density at radius 1 is 1.06 bits per heavy atom. The Balaban J connectivity index is 2.01. The molecule has 0 aliphatic rings. The van der Waals surface area contributed by atoms with Gasteiger partial charge in [-0.2, -0.15) is 5.26 Å². The Hall–Kier alpha value is -4.26. The number of esters is 2. The Kier molecular flexibility index (Phi) is 10.1. The van der Waals surface area contributed by atoms with Crippen molar-refractivity contribution >= 4 is 23.8 Å². The van der Waals surface area contributed by atoms with Crippen LogP contribution in [0, 0.1) is 17.1 Å². The van der Waals surface area contributed by atoms with Crippen molar-refractivity contribution in [2.45, 2.75) is 51.9 Å². The second kappa shape index (κ2) is 13.0. The van der Waals surface area contributed by atoms with Gasteiger partial charge < -0.3 is 19.5 Å². The van der Waals surface area contributed by atoms with E-state index in [1.54, 1.807) is 57.2 Å². The monoisotopic (exact) mass is 498 g/mol. The fourth-order valence-corrected chi connectivity index (χ4v) is 2.91. The van der Waals surface area contributed by atoms with E-state index >= 15 is 0 Å². The molecule has 0 saturated heterocycles. The highest BCUT2D eigenvalue weighted by molar-refractivity contribution is 5.98. The molecule has 0 aromatic heterocycles. The minimum Gasteiger partial charge on any atom is -0.460 e. The van der Waals surface area contributed by atoms with Crippen molar-refractivity contribution in [1.29, 1.82) is 5.26 Å². The van der Waals surface area contributed by atoms with Gasteiger partial charge in [-0.1, -0.05) is 30.3 Å². The lowest BCUT2D eigenvalue weighted by Crippen LogP contribution is -2.43. The summed E-state index contributed by atoms with van der Waals surface area (Å²) in [6.45, 7) is 4.27. The van der Waals surface area contributed by atoms with Crippen molar-refractivity contribution in [1.82, 2.24) is 5.32 Å². The molecule has 0 aliphatic heterocycles. The molecule has 10 heteroatoms. The SMILES string of the molecule is CC(C)(C)OC(=O)CC[C@H](NC(=O)OCc1ccccc1)C(=O)OCC(=O)c1ccc(C#N)c(F)c1. The molecule has 0 heterocycles. The van der Waals surface area contributed by atoms with E-state index in [4.69, 9.17) is 19.5 Å². The minimum atomic E-state index is -1.31. The topological polar surface area (TPSA) is 132 Å². The van der Waals surface area contributed by atoms with Gasteiger partial charge in [0.2, 0.25) is 0 Å². The highest BCUT2D eigenvalue weighted by Gasteiger charge is 2.26. The standard InChI is InChI=1S/C26H27FN2O7/c1-26(2,3)36-23(31)12-11-21(29-25(33)35-15-17-7-5-4-6-8-17)24(32)34-16-22(30)18-9-10-19(14-28)20(27)13-18/h4-10,13,21H,11-12,15-16H2,1-3H3,(H,29,33)/t21-/m0/s1. The second-order valence-corrected chi connectivity index (χ2v) is 8.72. The highest BCUT2D eigenvalue weighted by atomic mass is 19.1. The summed E-state index contributed by atoms with van der Waals surface area (Å²) >= 11 is 0. The lowest BCUT2D eigenvalue weighted by Gasteiger charge is -2.21. The van der Waals surface area contributed by atoms with Gasteiger partial charge in [-0.25, -0.2) is 14.0 Å². The first-order valence-electron chi connectivity index (χ1n) is 11.1. The molecular formula is C26H27FN2O7. The number of nitrogens with zero attached hydrogens (tertiary/aromatic N) is 1. The van der Waals surface area contributed by atoms with Crippen LogP contribution in [0.25, 0.3) is 0 Å². The summed E-state index contributed by atoms with van der Waals surface area (Å²) in [5.74, 6) is -3.18. The minimum absolute atomic E-state index is 0.0523. The Morgan fingerprint density at radius 2 is 1.75 bits per heavy atom. The number of hydrogen-bond acceptors (Lipinski definition) is 8. The predicted octanol–water partition coefficient (Wildman–Crippen LogP) is 3.84. The number of amides is 1. The number of ketones is 1. The summed E-state index contributed by atoms with van der Waals surface area (Å²) in [5.41, 5.74) is -0.345. The average Bonchev–Trinajstić information content (AvgIpc) is 2.83. The zero-order chi connectivity index (χ0) is 26.7. The molecule has 0 spiro atoms. The van der Waals surface area contributed by atoms with Gasteiger partial charge in [0, 0.05) is 12.0 Å². The molecule has 0 aliphatic carbocycles. The molecule has 9 nitrogen and oxygen atoms in total. The van der Waals surface area contributed by atoms with Gasteiger partial charge in [-0.05, 0) is 51.0 Å². The summed E-state index contributed by atoms with van der Waals surface area (Å²) in [4.78, 5) is 49.3. The summed E-state index contributed by atoms with van der Waals surface area (Å²) in [6, 6.07) is 12.4. The average molecular weight is 499 g/mol. The van der Waals surface area contributed by atoms with Gasteiger partial charge in [0.25, 0.3) is 0 Å². The van der Waals surface area contributed by atoms with Crippen molar-refractivity contribution in [2.24, 2.45) is 0 Å². The number of ether oxygens (including phenoxy) is 3. The van der Waals surface area contributed by atoms with Gasteiger partial charge in [-0.3, -0.25) is 9.59 Å². The maximum Gasteiger partial charge on any atom is 0.408 e. The molecule has 0 fully saturated rings. The van der Waals surface area contributed by atoms with E-state index < -0.39 is 47.9 Å². The molecule has 1 N–H and O–H groups in total. The maximum absolute atomic E-state index is 13.8. The zero-order valence-corrected chi connectivity index (χ0v) is 20.2. The Bertz CT molecular complexity index is 1140. The lowest BCUT2D eigenvalue weighted by molar-refractivity contribution is -0.155. The summed E-state index contributed by atoms with van der Waals surface area (Å²) < 4.78 is 29.1. The van der Waals surface area contributed by atoms with E-state index in [9.17, 15) is 23.6 Å². The van der Waals surface area contributed by atoms with Crippen LogP contribution in [-0.4, -0.2) is 42.1 Å². The number of halogens is 1. The molecule has 36 heavy (non-hydrogen) atoms. The number of alkyl carbamates (subject to hydrolysis) is 1. The number of Topliss-reactive ketones (excluding diaryl/α,β-unsaturated/α-hetero) is 1. The lowest BCUT2D eigenvalue weighted by atomic mass is 10.1. The number of rotatable bonds is 10. The van der Waals surface area contributed by atoms with Gasteiger partial charge in [0.05, 0.1) is 5.56 Å². The zero-order valence-electron chi connectivity index (χ0n) is 20.2. The first-order chi connectivity index (χ1) is 17.0. The first kappa shape index (κ1) is 28.0. The van der Waals surface area contributed by atoms with Crippen molar-refractivity contribution in [3.8, 4) is 6.07 Å². The van der Waals surface area contributed by atoms with Crippen LogP contribution in [0.2, 0.25) is 0 Å². The van der Waals surface area contributed by atoms with Crippen molar-refractivity contribution in [3.63, 3.8) is 0 Å². The van der Waals surface area contributed by atoms with Crippen LogP contribution in [0.3, 0.4) is 0 Å². The van der Waals surface area contributed by atoms with E-state index in [0.717, 1.165) is 17.7 Å². The van der Waals surface area contributed by atoms with Crippen molar-refractivity contribution < 1.29 is 37.8 Å². The number of carbonyl (C=O) groups is 4. The van der Waals surface area contributed by atoms with E-state index in [-0.39, 0.29) is 30.6 Å². The van der Waals surface area contributed by atoms with Crippen molar-refractivity contribution in [2.75, 3.05) is 6.61 Å². The fraction of sp³-hybridized carbons (Fsp3) is 0.346. The van der Waals surface area contributed by atoms with E-state index in [0.29, 0.717) is 0 Å². The van der Waals surface area contributed by atoms with E-state index in [1.165, 1.54) is 6.07 Å². The number of nitriles is 1. The number of carbonyl (C=O) groups excluding carboxylic acids is 4. The number of hydrogen-bond donors (Lipinski definition) is 1. The molecule has 1 amide bonds. The number of nitrogens with one attached hydrogen (secondary N) is 1. The van der Waals surface area contributed by atoms with Crippen LogP contribution in [-0.2, 0) is 30.4 Å².